The van der Waals surface area contributed by atoms with Crippen LogP contribution >= 0.6 is 0 Å². The molecular weight excluding hydrogens is 208 g/mol. The van der Waals surface area contributed by atoms with Gasteiger partial charge in [-0.05, 0) is 6.07 Å². The maximum atomic E-state index is 9.11. The molecule has 5 heteroatoms. The minimum absolute atomic E-state index is 0.00897. The number of nitrogens with two attached hydrogens (primary N) is 1. The molecule has 0 fully saturated rings. The molecule has 0 aliphatic heterocycles. The lowest BCUT2D eigenvalue weighted by Crippen LogP contribution is -2.28. The Hall–Kier alpha value is -1.46. The first-order valence-electron chi connectivity index (χ1n) is 5.00. The van der Waals surface area contributed by atoms with Gasteiger partial charge in [-0.1, -0.05) is 0 Å². The molecule has 0 bridgehead atoms. The Balaban J connectivity index is 2.74. The van der Waals surface area contributed by atoms with Crippen molar-refractivity contribution in [3.8, 4) is 5.75 Å². The number of nitrogen functional groups attached to an aromatic ring is 1. The van der Waals surface area contributed by atoms with Crippen molar-refractivity contribution in [1.29, 1.82) is 0 Å². The Morgan fingerprint density at radius 1 is 1.38 bits per heavy atom. The molecule has 0 saturated heterocycles. The average Bonchev–Trinajstić information content (AvgIpc) is 2.27. The molecule has 0 aliphatic carbocycles. The van der Waals surface area contributed by atoms with E-state index in [0.717, 1.165) is 5.69 Å². The third kappa shape index (κ3) is 3.60. The minimum Gasteiger partial charge on any atom is -0.497 e. The minimum atomic E-state index is -0.156. The third-order valence-corrected chi connectivity index (χ3v) is 2.12. The first-order valence-corrected chi connectivity index (χ1v) is 5.00. The van der Waals surface area contributed by atoms with Crippen molar-refractivity contribution in [3.63, 3.8) is 0 Å². The number of rotatable bonds is 6. The van der Waals surface area contributed by atoms with E-state index in [0.29, 0.717) is 18.0 Å². The number of nitrogens with one attached hydrogen (secondary N) is 1. The lowest BCUT2D eigenvalue weighted by atomic mass is 10.2. The third-order valence-electron chi connectivity index (χ3n) is 2.12. The number of methoxy groups -OCH3 is 2. The van der Waals surface area contributed by atoms with E-state index in [9.17, 15) is 0 Å². The van der Waals surface area contributed by atoms with E-state index >= 15 is 0 Å². The van der Waals surface area contributed by atoms with Gasteiger partial charge in [0.1, 0.15) is 5.75 Å². The maximum absolute atomic E-state index is 9.11. The molecule has 1 aromatic rings. The Morgan fingerprint density at radius 3 is 2.69 bits per heavy atom. The first kappa shape index (κ1) is 12.6. The number of anilines is 2. The summed E-state index contributed by atoms with van der Waals surface area (Å²) in [6.45, 7) is 0.415. The summed E-state index contributed by atoms with van der Waals surface area (Å²) in [6.07, 6.45) is 0. The molecule has 0 aliphatic rings. The van der Waals surface area contributed by atoms with Crippen LogP contribution in [0.1, 0.15) is 0 Å². The van der Waals surface area contributed by atoms with Gasteiger partial charge in [-0.2, -0.15) is 0 Å². The molecule has 16 heavy (non-hydrogen) atoms. The zero-order chi connectivity index (χ0) is 12.0. The van der Waals surface area contributed by atoms with Crippen molar-refractivity contribution < 1.29 is 14.6 Å². The molecule has 0 saturated carbocycles. The monoisotopic (exact) mass is 226 g/mol. The average molecular weight is 226 g/mol. The second-order valence-corrected chi connectivity index (χ2v) is 3.47. The summed E-state index contributed by atoms with van der Waals surface area (Å²) in [5.41, 5.74) is 7.12. The molecular formula is C11H18N2O3. The number of ether oxygens (including phenoxy) is 2. The Morgan fingerprint density at radius 2 is 2.12 bits per heavy atom. The normalized spacial score (nSPS) is 12.2. The summed E-state index contributed by atoms with van der Waals surface area (Å²) in [4.78, 5) is 0. The summed E-state index contributed by atoms with van der Waals surface area (Å²) in [6, 6.07) is 5.17. The van der Waals surface area contributed by atoms with Crippen LogP contribution in [0.15, 0.2) is 18.2 Å². The van der Waals surface area contributed by atoms with Crippen molar-refractivity contribution in [2.75, 3.05) is 38.5 Å². The molecule has 1 rings (SSSR count). The van der Waals surface area contributed by atoms with Crippen LogP contribution in [-0.2, 0) is 4.74 Å². The van der Waals surface area contributed by atoms with Crippen LogP contribution < -0.4 is 15.8 Å². The van der Waals surface area contributed by atoms with Crippen molar-refractivity contribution >= 4 is 11.4 Å². The van der Waals surface area contributed by atoms with Crippen LogP contribution in [0.5, 0.6) is 5.75 Å². The van der Waals surface area contributed by atoms with Gasteiger partial charge in [-0.25, -0.2) is 0 Å². The fourth-order valence-corrected chi connectivity index (χ4v) is 1.40. The molecule has 0 amide bonds. The second kappa shape index (κ2) is 6.19. The molecule has 90 valence electrons. The SMILES string of the molecule is COCC(CO)Nc1cc(N)cc(OC)c1. The zero-order valence-electron chi connectivity index (χ0n) is 9.56. The fourth-order valence-electron chi connectivity index (χ4n) is 1.40. The Bertz CT molecular complexity index is 331. The van der Waals surface area contributed by atoms with E-state index < -0.39 is 0 Å². The Labute approximate surface area is 95.2 Å². The summed E-state index contributed by atoms with van der Waals surface area (Å²) >= 11 is 0. The molecule has 0 heterocycles. The van der Waals surface area contributed by atoms with Crippen LogP contribution in [0.2, 0.25) is 0 Å². The standard InChI is InChI=1S/C11H18N2O3/c1-15-7-10(6-14)13-9-3-8(12)4-11(5-9)16-2/h3-5,10,13-14H,6-7,12H2,1-2H3. The smallest absolute Gasteiger partial charge is 0.122 e. The molecule has 1 unspecified atom stereocenters. The second-order valence-electron chi connectivity index (χ2n) is 3.47. The molecule has 1 aromatic carbocycles. The Kier molecular flexibility index (Phi) is 4.88. The van der Waals surface area contributed by atoms with Crippen LogP contribution in [0.4, 0.5) is 11.4 Å². The highest BCUT2D eigenvalue weighted by molar-refractivity contribution is 5.59. The van der Waals surface area contributed by atoms with E-state index in [1.165, 1.54) is 0 Å². The quantitative estimate of drug-likeness (QED) is 0.622. The summed E-state index contributed by atoms with van der Waals surface area (Å²) in [5.74, 6) is 0.677. The highest BCUT2D eigenvalue weighted by Gasteiger charge is 2.07. The van der Waals surface area contributed by atoms with Crippen molar-refractivity contribution in [1.82, 2.24) is 0 Å². The van der Waals surface area contributed by atoms with Gasteiger partial charge in [0.05, 0.1) is 26.4 Å². The van der Waals surface area contributed by atoms with Gasteiger partial charge < -0.3 is 25.6 Å². The lowest BCUT2D eigenvalue weighted by molar-refractivity contribution is 0.153. The van der Waals surface area contributed by atoms with E-state index in [-0.39, 0.29) is 12.6 Å². The molecule has 0 radical (unpaired) electrons. The van der Waals surface area contributed by atoms with Gasteiger partial charge in [0.25, 0.3) is 0 Å². The fraction of sp³-hybridized carbons (Fsp3) is 0.455. The van der Waals surface area contributed by atoms with Gasteiger partial charge in [0, 0.05) is 30.6 Å². The van der Waals surface area contributed by atoms with Gasteiger partial charge in [0.15, 0.2) is 0 Å². The van der Waals surface area contributed by atoms with Crippen LogP contribution in [0.25, 0.3) is 0 Å². The molecule has 4 N–H and O–H groups in total. The lowest BCUT2D eigenvalue weighted by Gasteiger charge is -2.17. The van der Waals surface area contributed by atoms with Crippen LogP contribution in [-0.4, -0.2) is 38.6 Å². The summed E-state index contributed by atoms with van der Waals surface area (Å²) < 4.78 is 10.1. The predicted molar refractivity (Wildman–Crippen MR) is 63.8 cm³/mol. The highest BCUT2D eigenvalue weighted by atomic mass is 16.5. The van der Waals surface area contributed by atoms with Gasteiger partial charge in [0.2, 0.25) is 0 Å². The number of aliphatic hydroxyl groups is 1. The van der Waals surface area contributed by atoms with Crippen LogP contribution in [0, 0.1) is 0 Å². The predicted octanol–water partition coefficient (Wildman–Crippen LogP) is 0.697. The van der Waals surface area contributed by atoms with Crippen molar-refractivity contribution in [3.05, 3.63) is 18.2 Å². The number of aliphatic hydroxyl groups excluding tert-OH is 1. The molecule has 0 aromatic heterocycles. The van der Waals surface area contributed by atoms with Gasteiger partial charge >= 0.3 is 0 Å². The highest BCUT2D eigenvalue weighted by Crippen LogP contribution is 2.22. The van der Waals surface area contributed by atoms with Crippen LogP contribution in [0.3, 0.4) is 0 Å². The van der Waals surface area contributed by atoms with E-state index in [2.05, 4.69) is 5.32 Å². The number of hydrogen-bond donors (Lipinski definition) is 3. The van der Waals surface area contributed by atoms with Gasteiger partial charge in [-0.15, -0.1) is 0 Å². The summed E-state index contributed by atoms with van der Waals surface area (Å²) in [7, 11) is 3.17. The maximum Gasteiger partial charge on any atom is 0.122 e. The van der Waals surface area contributed by atoms with E-state index in [1.807, 2.05) is 6.07 Å². The van der Waals surface area contributed by atoms with E-state index in [4.69, 9.17) is 20.3 Å². The molecule has 5 nitrogen and oxygen atoms in total. The van der Waals surface area contributed by atoms with Crippen molar-refractivity contribution in [2.45, 2.75) is 6.04 Å². The molecule has 0 spiro atoms. The largest absolute Gasteiger partial charge is 0.497 e. The first-order chi connectivity index (χ1) is 7.69. The number of hydrogen-bond acceptors (Lipinski definition) is 5. The topological polar surface area (TPSA) is 76.7 Å². The van der Waals surface area contributed by atoms with E-state index in [1.54, 1.807) is 26.4 Å². The van der Waals surface area contributed by atoms with Gasteiger partial charge in [-0.3, -0.25) is 0 Å². The number of benzene rings is 1. The molecule has 1 atom stereocenters. The van der Waals surface area contributed by atoms with Crippen molar-refractivity contribution in [2.24, 2.45) is 0 Å². The zero-order valence-corrected chi connectivity index (χ0v) is 9.56. The summed E-state index contributed by atoms with van der Waals surface area (Å²) in [5, 5.41) is 12.2.